The van der Waals surface area contributed by atoms with Gasteiger partial charge in [-0.25, -0.2) is 0 Å². The number of carbonyl (C=O) groups excluding carboxylic acids is 2. The smallest absolute Gasteiger partial charge is 0.227 e. The molecule has 1 fully saturated rings. The Balaban J connectivity index is 1.52. The predicted octanol–water partition coefficient (Wildman–Crippen LogP) is 2.94. The Morgan fingerprint density at radius 1 is 1.33 bits per heavy atom. The summed E-state index contributed by atoms with van der Waals surface area (Å²) in [5, 5.41) is 8.07. The average molecular weight is 430 g/mol. The van der Waals surface area contributed by atoms with Crippen LogP contribution in [0.3, 0.4) is 0 Å². The minimum absolute atomic E-state index is 0.114. The third kappa shape index (κ3) is 3.72. The molecule has 1 aromatic heterocycles. The van der Waals surface area contributed by atoms with Crippen LogP contribution in [0.4, 0.5) is 5.69 Å². The normalized spacial score (nSPS) is 17.9. The van der Waals surface area contributed by atoms with Crippen molar-refractivity contribution in [2.75, 3.05) is 38.6 Å². The molecule has 3 heterocycles. The van der Waals surface area contributed by atoms with Crippen LogP contribution in [0.5, 0.6) is 0 Å². The van der Waals surface area contributed by atoms with Crippen LogP contribution in [0.15, 0.2) is 18.3 Å². The summed E-state index contributed by atoms with van der Waals surface area (Å²) in [4.78, 5) is 29.3. The van der Waals surface area contributed by atoms with Crippen LogP contribution in [0.2, 0.25) is 5.02 Å². The van der Waals surface area contributed by atoms with Gasteiger partial charge in [0.25, 0.3) is 0 Å². The molecular weight excluding hydrogens is 402 g/mol. The number of H-pyrrole nitrogens is 1. The molecule has 0 atom stereocenters. The first-order chi connectivity index (χ1) is 14.2. The monoisotopic (exact) mass is 429 g/mol. The van der Waals surface area contributed by atoms with E-state index in [0.717, 1.165) is 54.3 Å². The van der Waals surface area contributed by atoms with Gasteiger partial charge in [-0.3, -0.25) is 14.7 Å². The van der Waals surface area contributed by atoms with Gasteiger partial charge in [-0.15, -0.1) is 0 Å². The summed E-state index contributed by atoms with van der Waals surface area (Å²) in [5.74, 6) is 0.254. The number of rotatable bonds is 5. The van der Waals surface area contributed by atoms with E-state index in [0.29, 0.717) is 17.9 Å². The second kappa shape index (κ2) is 7.71. The minimum atomic E-state index is 0.114. The fourth-order valence-corrected chi connectivity index (χ4v) is 5.10. The van der Waals surface area contributed by atoms with Crippen molar-refractivity contribution in [3.8, 4) is 11.3 Å². The Bertz CT molecular complexity index is 995. The quantitative estimate of drug-likeness (QED) is 0.793. The number of nitrogens with one attached hydrogen (secondary N) is 1. The van der Waals surface area contributed by atoms with Gasteiger partial charge in [-0.05, 0) is 31.2 Å². The lowest BCUT2D eigenvalue weighted by atomic mass is 9.81. The van der Waals surface area contributed by atoms with E-state index in [9.17, 15) is 9.59 Å². The van der Waals surface area contributed by atoms with Gasteiger partial charge >= 0.3 is 0 Å². The number of hydrogen-bond acceptors (Lipinski definition) is 4. The second-order valence-electron chi connectivity index (χ2n) is 9.01. The second-order valence-corrected chi connectivity index (χ2v) is 9.38. The molecule has 0 radical (unpaired) electrons. The maximum Gasteiger partial charge on any atom is 0.227 e. The van der Waals surface area contributed by atoms with Gasteiger partial charge < -0.3 is 14.7 Å². The molecule has 1 N–H and O–H groups in total. The van der Waals surface area contributed by atoms with Crippen LogP contribution < -0.4 is 4.90 Å². The number of likely N-dealkylation sites (tertiary alicyclic amines) is 1. The highest BCUT2D eigenvalue weighted by Crippen LogP contribution is 2.40. The fourth-order valence-electron chi connectivity index (χ4n) is 4.75. The van der Waals surface area contributed by atoms with E-state index >= 15 is 0 Å². The van der Waals surface area contributed by atoms with E-state index in [1.807, 2.05) is 23.2 Å². The van der Waals surface area contributed by atoms with Crippen molar-refractivity contribution < 1.29 is 9.59 Å². The highest BCUT2D eigenvalue weighted by Gasteiger charge is 2.40. The minimum Gasteiger partial charge on any atom is -0.342 e. The number of anilines is 1. The van der Waals surface area contributed by atoms with Gasteiger partial charge in [0.2, 0.25) is 11.8 Å². The topological polar surface area (TPSA) is 72.5 Å². The number of aromatic nitrogens is 2. The summed E-state index contributed by atoms with van der Waals surface area (Å²) >= 11 is 6.79. The summed E-state index contributed by atoms with van der Waals surface area (Å²) in [5.41, 5.74) is 4.91. The summed E-state index contributed by atoms with van der Waals surface area (Å²) in [6.07, 6.45) is 2.98. The summed E-state index contributed by atoms with van der Waals surface area (Å²) < 4.78 is 0. The zero-order valence-electron chi connectivity index (χ0n) is 18.0. The standard InChI is InChI=1S/C22H28ClN5O2/c1-14(29)28-12-22(2,13-28)11-26(3)10-15-9-24-25-21(15)17-5-7-18-16(20(17)23)6-8-19(30)27(18)4/h5,7,9H,6,8,10-13H2,1-4H3,(H,24,25). The van der Waals surface area contributed by atoms with Crippen LogP contribution in [0.25, 0.3) is 11.3 Å². The lowest BCUT2D eigenvalue weighted by Gasteiger charge is -2.49. The van der Waals surface area contributed by atoms with Crippen molar-refractivity contribution in [2.24, 2.45) is 5.41 Å². The van der Waals surface area contributed by atoms with Gasteiger partial charge in [-0.1, -0.05) is 18.5 Å². The number of carbonyl (C=O) groups is 2. The third-order valence-electron chi connectivity index (χ3n) is 6.21. The summed E-state index contributed by atoms with van der Waals surface area (Å²) in [7, 11) is 3.88. The molecule has 0 unspecified atom stereocenters. The van der Waals surface area contributed by atoms with Gasteiger partial charge in [-0.2, -0.15) is 5.10 Å². The number of halogens is 1. The van der Waals surface area contributed by atoms with Crippen molar-refractivity contribution in [3.05, 3.63) is 34.5 Å². The Labute approximate surface area is 182 Å². The molecule has 2 aromatic rings. The Morgan fingerprint density at radius 2 is 2.07 bits per heavy atom. The highest BCUT2D eigenvalue weighted by molar-refractivity contribution is 6.34. The van der Waals surface area contributed by atoms with Crippen molar-refractivity contribution in [3.63, 3.8) is 0 Å². The van der Waals surface area contributed by atoms with Crippen LogP contribution in [0, 0.1) is 5.41 Å². The van der Waals surface area contributed by atoms with E-state index in [2.05, 4.69) is 29.1 Å². The number of hydrogen-bond donors (Lipinski definition) is 1. The number of amides is 2. The Morgan fingerprint density at radius 3 is 2.77 bits per heavy atom. The highest BCUT2D eigenvalue weighted by atomic mass is 35.5. The van der Waals surface area contributed by atoms with E-state index in [1.165, 1.54) is 0 Å². The molecule has 1 saturated heterocycles. The predicted molar refractivity (Wildman–Crippen MR) is 117 cm³/mol. The number of benzene rings is 1. The largest absolute Gasteiger partial charge is 0.342 e. The maximum atomic E-state index is 12.0. The number of nitrogens with zero attached hydrogens (tertiary/aromatic N) is 4. The van der Waals surface area contributed by atoms with Gasteiger partial charge in [0, 0.05) is 68.8 Å². The van der Waals surface area contributed by atoms with Gasteiger partial charge in [0.1, 0.15) is 0 Å². The molecule has 7 nitrogen and oxygen atoms in total. The SMILES string of the molecule is CC(=O)N1CC(C)(CN(C)Cc2cn[nH]c2-c2ccc3c(c2Cl)CCC(=O)N3C)C1. The van der Waals surface area contributed by atoms with Crippen LogP contribution in [-0.2, 0) is 22.6 Å². The van der Waals surface area contributed by atoms with Crippen molar-refractivity contribution in [2.45, 2.75) is 33.2 Å². The zero-order valence-corrected chi connectivity index (χ0v) is 18.7. The first-order valence-corrected chi connectivity index (χ1v) is 10.6. The van der Waals surface area contributed by atoms with E-state index in [4.69, 9.17) is 11.6 Å². The average Bonchev–Trinajstić information content (AvgIpc) is 3.10. The molecular formula is C22H28ClN5O2. The summed E-state index contributed by atoms with van der Waals surface area (Å²) in [6, 6.07) is 3.93. The van der Waals surface area contributed by atoms with Crippen LogP contribution in [0.1, 0.15) is 31.4 Å². The molecule has 0 aliphatic carbocycles. The molecule has 0 saturated carbocycles. The first kappa shape index (κ1) is 20.9. The molecule has 0 spiro atoms. The molecule has 2 aliphatic heterocycles. The third-order valence-corrected chi connectivity index (χ3v) is 6.64. The van der Waals surface area contributed by atoms with Crippen LogP contribution in [-0.4, -0.2) is 65.5 Å². The van der Waals surface area contributed by atoms with Crippen molar-refractivity contribution in [1.82, 2.24) is 20.0 Å². The first-order valence-electron chi connectivity index (χ1n) is 10.2. The van der Waals surface area contributed by atoms with Crippen LogP contribution >= 0.6 is 11.6 Å². The van der Waals surface area contributed by atoms with Gasteiger partial charge in [0.05, 0.1) is 16.9 Å². The zero-order chi connectivity index (χ0) is 21.6. The van der Waals surface area contributed by atoms with Crippen molar-refractivity contribution >= 4 is 29.1 Å². The van der Waals surface area contributed by atoms with E-state index in [1.54, 1.807) is 18.9 Å². The Hall–Kier alpha value is -2.38. The molecule has 160 valence electrons. The Kier molecular flexibility index (Phi) is 5.36. The number of fused-ring (bicyclic) bond motifs is 1. The molecule has 30 heavy (non-hydrogen) atoms. The molecule has 1 aromatic carbocycles. The molecule has 4 rings (SSSR count). The maximum absolute atomic E-state index is 12.0. The fraction of sp³-hybridized carbons (Fsp3) is 0.500. The summed E-state index contributed by atoms with van der Waals surface area (Å²) in [6.45, 7) is 7.07. The molecule has 2 aliphatic rings. The van der Waals surface area contributed by atoms with Gasteiger partial charge in [0.15, 0.2) is 0 Å². The molecule has 8 heteroatoms. The number of aromatic amines is 1. The lowest BCUT2D eigenvalue weighted by Crippen LogP contribution is -2.60. The molecule has 2 amide bonds. The molecule has 0 bridgehead atoms. The lowest BCUT2D eigenvalue weighted by molar-refractivity contribution is -0.141. The van der Waals surface area contributed by atoms with E-state index in [-0.39, 0.29) is 17.2 Å². The van der Waals surface area contributed by atoms with Crippen molar-refractivity contribution in [1.29, 1.82) is 0 Å². The van der Waals surface area contributed by atoms with E-state index < -0.39 is 0 Å².